The Morgan fingerprint density at radius 1 is 1.62 bits per heavy atom. The van der Waals surface area contributed by atoms with E-state index in [9.17, 15) is 4.79 Å². The Morgan fingerprint density at radius 3 is 2.77 bits per heavy atom. The highest BCUT2D eigenvalue weighted by molar-refractivity contribution is 7.82. The van der Waals surface area contributed by atoms with Crippen LogP contribution in [0.25, 0.3) is 0 Å². The average Bonchev–Trinajstić information content (AvgIpc) is 2.08. The molecule has 0 saturated carbocycles. The lowest BCUT2D eigenvalue weighted by atomic mass is 10.1. The highest BCUT2D eigenvalue weighted by atomic mass is 32.1. The molecule has 0 heterocycles. The largest absolute Gasteiger partial charge is 0.350 e. The van der Waals surface area contributed by atoms with Crippen molar-refractivity contribution >= 4 is 24.5 Å². The number of carbonyl (C=O) groups excluding carboxylic acids is 1. The number of urea groups is 1. The molecule has 0 aliphatic heterocycles. The normalized spacial score (nSPS) is 9.77. The maximum Gasteiger partial charge on any atom is 0.329 e. The number of nitrogens with two attached hydrogens (primary N) is 1. The fourth-order valence-corrected chi connectivity index (χ4v) is 1.19. The first-order chi connectivity index (χ1) is 6.04. The Bertz CT molecular complexity index is 338. The van der Waals surface area contributed by atoms with Crippen LogP contribution < -0.4 is 10.0 Å². The highest BCUT2D eigenvalue weighted by Crippen LogP contribution is 2.23. The van der Waals surface area contributed by atoms with E-state index in [1.165, 1.54) is 0 Å². The number of primary amides is 1. The van der Waals surface area contributed by atoms with Gasteiger partial charge < -0.3 is 5.73 Å². The Morgan fingerprint density at radius 2 is 2.23 bits per heavy atom. The molecule has 1 aromatic rings. The third-order valence-electron chi connectivity index (χ3n) is 1.82. The third kappa shape index (κ3) is 1.95. The second kappa shape index (κ2) is 3.70. The van der Waals surface area contributed by atoms with Gasteiger partial charge in [-0.3, -0.25) is 0 Å². The zero-order chi connectivity index (χ0) is 10.0. The molecule has 13 heavy (non-hydrogen) atoms. The van der Waals surface area contributed by atoms with Gasteiger partial charge in [-0.25, -0.2) is 9.10 Å². The average molecular weight is 195 g/mol. The van der Waals surface area contributed by atoms with Crippen molar-refractivity contribution in [1.82, 2.24) is 0 Å². The molecule has 0 spiro atoms. The zero-order valence-corrected chi connectivity index (χ0v) is 8.21. The first-order valence-corrected chi connectivity index (χ1v) is 4.14. The molecular weight excluding hydrogens is 184 g/mol. The van der Waals surface area contributed by atoms with Gasteiger partial charge >= 0.3 is 6.03 Å². The molecule has 0 atom stereocenters. The van der Waals surface area contributed by atoms with Crippen LogP contribution in [0.15, 0.2) is 18.2 Å². The Labute approximate surface area is 83.1 Å². The number of benzene rings is 1. The van der Waals surface area contributed by atoms with Gasteiger partial charge in [0.2, 0.25) is 0 Å². The molecule has 69 valence electrons. The van der Waals surface area contributed by atoms with Crippen molar-refractivity contribution in [2.24, 2.45) is 5.73 Å². The highest BCUT2D eigenvalue weighted by Gasteiger charge is 2.10. The van der Waals surface area contributed by atoms with E-state index in [-0.39, 0.29) is 0 Å². The minimum atomic E-state index is -0.612. The van der Waals surface area contributed by atoms with Crippen molar-refractivity contribution < 1.29 is 4.79 Å². The molecule has 0 unspecified atom stereocenters. The lowest BCUT2D eigenvalue weighted by molar-refractivity contribution is 0.257. The fraction of sp³-hybridized carbons (Fsp3) is 0.111. The number of carbonyl (C=O) groups is 1. The van der Waals surface area contributed by atoms with Crippen molar-refractivity contribution in [2.45, 2.75) is 6.92 Å². The topological polar surface area (TPSA) is 46.3 Å². The molecule has 1 radical (unpaired) electrons. The van der Waals surface area contributed by atoms with Crippen LogP contribution in [0.1, 0.15) is 11.1 Å². The summed E-state index contributed by atoms with van der Waals surface area (Å²) < 4.78 is 1.08. The Hall–Kier alpha value is -1.16. The maximum atomic E-state index is 10.8. The van der Waals surface area contributed by atoms with Crippen molar-refractivity contribution in [3.63, 3.8) is 0 Å². The van der Waals surface area contributed by atoms with E-state index in [0.29, 0.717) is 5.69 Å². The Balaban J connectivity index is 3.15. The summed E-state index contributed by atoms with van der Waals surface area (Å²) >= 11 is 3.95. The van der Waals surface area contributed by atoms with Gasteiger partial charge in [0.15, 0.2) is 0 Å². The van der Waals surface area contributed by atoms with Gasteiger partial charge in [0, 0.05) is 0 Å². The van der Waals surface area contributed by atoms with E-state index in [0.717, 1.165) is 15.4 Å². The molecule has 1 aromatic carbocycles. The van der Waals surface area contributed by atoms with Gasteiger partial charge in [-0.1, -0.05) is 24.9 Å². The summed E-state index contributed by atoms with van der Waals surface area (Å²) in [4.78, 5) is 10.8. The van der Waals surface area contributed by atoms with Crippen molar-refractivity contribution in [1.29, 1.82) is 0 Å². The van der Waals surface area contributed by atoms with Crippen molar-refractivity contribution in [3.05, 3.63) is 36.2 Å². The van der Waals surface area contributed by atoms with Crippen LogP contribution in [0.2, 0.25) is 0 Å². The van der Waals surface area contributed by atoms with Crippen molar-refractivity contribution in [2.75, 3.05) is 4.31 Å². The molecule has 0 aliphatic carbocycles. The van der Waals surface area contributed by atoms with Gasteiger partial charge in [0.05, 0.1) is 5.69 Å². The third-order valence-corrected chi connectivity index (χ3v) is 2.24. The number of thiol groups is 1. The summed E-state index contributed by atoms with van der Waals surface area (Å²) in [6.07, 6.45) is 0. The van der Waals surface area contributed by atoms with E-state index < -0.39 is 6.03 Å². The predicted octanol–water partition coefficient (Wildman–Crippen LogP) is 1.91. The second-order valence-electron chi connectivity index (χ2n) is 2.72. The van der Waals surface area contributed by atoms with Crippen LogP contribution in [-0.2, 0) is 0 Å². The smallest absolute Gasteiger partial charge is 0.329 e. The van der Waals surface area contributed by atoms with E-state index in [1.807, 2.05) is 19.1 Å². The molecule has 4 heteroatoms. The van der Waals surface area contributed by atoms with Crippen molar-refractivity contribution in [3.8, 4) is 0 Å². The summed E-state index contributed by atoms with van der Waals surface area (Å²) in [5.41, 5.74) is 7.45. The van der Waals surface area contributed by atoms with E-state index in [1.54, 1.807) is 6.07 Å². The monoisotopic (exact) mass is 195 g/mol. The van der Waals surface area contributed by atoms with Crippen LogP contribution in [0.3, 0.4) is 0 Å². The molecular formula is C9H11N2OS. The number of anilines is 1. The van der Waals surface area contributed by atoms with Crippen LogP contribution in [0, 0.1) is 13.8 Å². The molecule has 1 rings (SSSR count). The first kappa shape index (κ1) is 9.92. The summed E-state index contributed by atoms with van der Waals surface area (Å²) in [5.74, 6) is 0. The summed E-state index contributed by atoms with van der Waals surface area (Å²) in [7, 11) is 0. The van der Waals surface area contributed by atoms with Gasteiger partial charge in [0.25, 0.3) is 0 Å². The molecule has 2 N–H and O–H groups in total. The van der Waals surface area contributed by atoms with E-state index in [2.05, 4.69) is 19.7 Å². The number of hydrogen-bond donors (Lipinski definition) is 2. The standard InChI is InChI=1S/C9H11N2OS/c1-6-4-3-5-8(7(6)2)11(13)9(10)12/h3-5,13H,2H2,1H3,(H2,10,12). The first-order valence-electron chi connectivity index (χ1n) is 3.74. The van der Waals surface area contributed by atoms with E-state index >= 15 is 0 Å². The van der Waals surface area contributed by atoms with Crippen LogP contribution in [-0.4, -0.2) is 6.03 Å². The fourth-order valence-electron chi connectivity index (χ4n) is 1.00. The van der Waals surface area contributed by atoms with Crippen LogP contribution in [0.4, 0.5) is 10.5 Å². The van der Waals surface area contributed by atoms with Crippen LogP contribution in [0.5, 0.6) is 0 Å². The molecule has 0 saturated heterocycles. The van der Waals surface area contributed by atoms with Crippen LogP contribution >= 0.6 is 12.8 Å². The van der Waals surface area contributed by atoms with E-state index in [4.69, 9.17) is 5.73 Å². The number of nitrogens with zero attached hydrogens (tertiary/aromatic N) is 1. The lowest BCUT2D eigenvalue weighted by Gasteiger charge is -2.16. The summed E-state index contributed by atoms with van der Waals surface area (Å²) in [5, 5.41) is 0. The molecule has 0 fully saturated rings. The summed E-state index contributed by atoms with van der Waals surface area (Å²) in [6.45, 7) is 5.74. The van der Waals surface area contributed by atoms with Gasteiger partial charge in [-0.2, -0.15) is 0 Å². The quantitative estimate of drug-likeness (QED) is 0.661. The number of hydrogen-bond acceptors (Lipinski definition) is 2. The number of rotatable bonds is 1. The number of amides is 2. The SMILES string of the molecule is [CH2]c1c(C)cccc1N(S)C(N)=O. The minimum Gasteiger partial charge on any atom is -0.350 e. The maximum absolute atomic E-state index is 10.8. The number of aryl methyl sites for hydroxylation is 1. The van der Waals surface area contributed by atoms with Gasteiger partial charge in [0.1, 0.15) is 0 Å². The molecule has 3 nitrogen and oxygen atoms in total. The molecule has 2 amide bonds. The van der Waals surface area contributed by atoms with Gasteiger partial charge in [-0.05, 0) is 31.0 Å². The Kier molecular flexibility index (Phi) is 2.83. The second-order valence-corrected chi connectivity index (χ2v) is 3.12. The molecule has 0 aromatic heterocycles. The van der Waals surface area contributed by atoms with Gasteiger partial charge in [-0.15, -0.1) is 0 Å². The molecule has 0 bridgehead atoms. The predicted molar refractivity (Wildman–Crippen MR) is 56.7 cm³/mol. The summed E-state index contributed by atoms with van der Waals surface area (Å²) in [6, 6.07) is 4.87. The molecule has 0 aliphatic rings. The lowest BCUT2D eigenvalue weighted by Crippen LogP contribution is -2.27. The minimum absolute atomic E-state index is 0.612. The zero-order valence-electron chi connectivity index (χ0n) is 7.32.